The number of hydrogen-bond donors (Lipinski definition) is 0. The third-order valence-electron chi connectivity index (χ3n) is 4.47. The molecule has 0 bridgehead atoms. The third kappa shape index (κ3) is 4.66. The van der Waals surface area contributed by atoms with Crippen molar-refractivity contribution in [2.24, 2.45) is 0 Å². The summed E-state index contributed by atoms with van der Waals surface area (Å²) in [5, 5.41) is 2.24. The van der Waals surface area contributed by atoms with Gasteiger partial charge in [0.05, 0.1) is 30.4 Å². The minimum absolute atomic E-state index is 1.09. The van der Waals surface area contributed by atoms with Gasteiger partial charge in [-0.1, -0.05) is 34.1 Å². The molecule has 6 heteroatoms. The maximum Gasteiger partial charge on any atom is 0.0907 e. The molecule has 2 heterocycles. The number of halogens is 1. The van der Waals surface area contributed by atoms with Crippen molar-refractivity contribution >= 4 is 70.4 Å². The molecular formula is C23H20BrN3S2. The van der Waals surface area contributed by atoms with E-state index in [-0.39, 0.29) is 0 Å². The zero-order chi connectivity index (χ0) is 20.4. The first-order chi connectivity index (χ1) is 14.0. The fourth-order valence-electron chi connectivity index (χ4n) is 3.05. The number of aromatic nitrogens is 2. The standard InChI is InChI=1S/C15H14N2S.C8H6BrNS/c1-11-16-14-9-8-13(10-15(14)18-11)17(2)12-6-4-3-5-7-12;1-5-10-7-3-2-6(9)4-8(7)11-5/h3-10H,1-2H3;2-4H,1H3. The molecule has 0 amide bonds. The van der Waals surface area contributed by atoms with Crippen LogP contribution in [0.5, 0.6) is 0 Å². The van der Waals surface area contributed by atoms with Crippen LogP contribution in [-0.4, -0.2) is 17.0 Å². The van der Waals surface area contributed by atoms with E-state index in [0.717, 1.165) is 25.5 Å². The second-order valence-corrected chi connectivity index (χ2v) is 10.0. The molecule has 0 aliphatic rings. The van der Waals surface area contributed by atoms with Gasteiger partial charge in [0, 0.05) is 22.9 Å². The van der Waals surface area contributed by atoms with Gasteiger partial charge in [0.2, 0.25) is 0 Å². The highest BCUT2D eigenvalue weighted by Crippen LogP contribution is 2.29. The average Bonchev–Trinajstić information content (AvgIpc) is 3.27. The van der Waals surface area contributed by atoms with Crippen molar-refractivity contribution in [1.82, 2.24) is 9.97 Å². The first-order valence-electron chi connectivity index (χ1n) is 9.18. The smallest absolute Gasteiger partial charge is 0.0907 e. The molecule has 2 aromatic heterocycles. The van der Waals surface area contributed by atoms with Crippen LogP contribution in [-0.2, 0) is 0 Å². The molecule has 0 radical (unpaired) electrons. The van der Waals surface area contributed by atoms with Gasteiger partial charge in [0.25, 0.3) is 0 Å². The maximum atomic E-state index is 4.49. The molecule has 3 aromatic carbocycles. The van der Waals surface area contributed by atoms with E-state index >= 15 is 0 Å². The van der Waals surface area contributed by atoms with E-state index in [9.17, 15) is 0 Å². The Hall–Kier alpha value is -2.28. The van der Waals surface area contributed by atoms with Gasteiger partial charge in [-0.15, -0.1) is 22.7 Å². The lowest BCUT2D eigenvalue weighted by molar-refractivity contribution is 1.21. The van der Waals surface area contributed by atoms with Crippen molar-refractivity contribution in [3.05, 3.63) is 81.2 Å². The van der Waals surface area contributed by atoms with E-state index < -0.39 is 0 Å². The van der Waals surface area contributed by atoms with Crippen LogP contribution >= 0.6 is 38.6 Å². The third-order valence-corrected chi connectivity index (χ3v) is 6.83. The number of nitrogens with zero attached hydrogens (tertiary/aromatic N) is 3. The Bertz CT molecular complexity index is 1260. The molecule has 0 N–H and O–H groups in total. The van der Waals surface area contributed by atoms with E-state index in [1.54, 1.807) is 22.7 Å². The molecule has 146 valence electrons. The van der Waals surface area contributed by atoms with Crippen molar-refractivity contribution in [3.8, 4) is 0 Å². The summed E-state index contributed by atoms with van der Waals surface area (Å²) < 4.78 is 3.61. The summed E-state index contributed by atoms with van der Waals surface area (Å²) in [7, 11) is 2.09. The summed E-state index contributed by atoms with van der Waals surface area (Å²) in [5.74, 6) is 0. The number of thiazole rings is 2. The Labute approximate surface area is 186 Å². The summed E-state index contributed by atoms with van der Waals surface area (Å²) >= 11 is 6.89. The van der Waals surface area contributed by atoms with Crippen LogP contribution in [0, 0.1) is 13.8 Å². The zero-order valence-corrected chi connectivity index (χ0v) is 19.6. The molecule has 0 spiro atoms. The molecule has 0 fully saturated rings. The van der Waals surface area contributed by atoms with Crippen LogP contribution in [0.3, 0.4) is 0 Å². The summed E-state index contributed by atoms with van der Waals surface area (Å²) in [6.45, 7) is 4.07. The van der Waals surface area contributed by atoms with Crippen LogP contribution in [0.25, 0.3) is 20.4 Å². The predicted molar refractivity (Wildman–Crippen MR) is 131 cm³/mol. The fraction of sp³-hybridized carbons (Fsp3) is 0.130. The van der Waals surface area contributed by atoms with Crippen LogP contribution in [0.1, 0.15) is 10.0 Å². The Balaban J connectivity index is 0.000000159. The van der Waals surface area contributed by atoms with Crippen LogP contribution in [0.4, 0.5) is 11.4 Å². The maximum absolute atomic E-state index is 4.49. The molecular weight excluding hydrogens is 462 g/mol. The summed E-state index contributed by atoms with van der Waals surface area (Å²) in [5.41, 5.74) is 4.56. The van der Waals surface area contributed by atoms with Crippen molar-refractivity contribution in [3.63, 3.8) is 0 Å². The minimum atomic E-state index is 1.09. The fourth-order valence-corrected chi connectivity index (χ4v) is 5.29. The van der Waals surface area contributed by atoms with Crippen molar-refractivity contribution < 1.29 is 0 Å². The normalized spacial score (nSPS) is 10.8. The SMILES string of the molecule is Cc1nc2ccc(Br)cc2s1.Cc1nc2ccc(N(C)c3ccccc3)cc2s1. The molecule has 0 atom stereocenters. The van der Waals surface area contributed by atoms with Crippen molar-refractivity contribution in [2.75, 3.05) is 11.9 Å². The van der Waals surface area contributed by atoms with E-state index in [2.05, 4.69) is 86.4 Å². The highest BCUT2D eigenvalue weighted by molar-refractivity contribution is 9.10. The van der Waals surface area contributed by atoms with E-state index in [1.807, 2.05) is 32.0 Å². The van der Waals surface area contributed by atoms with Crippen molar-refractivity contribution in [2.45, 2.75) is 13.8 Å². The number of benzene rings is 3. The number of hydrogen-bond acceptors (Lipinski definition) is 5. The Kier molecular flexibility index (Phi) is 5.94. The number of anilines is 2. The van der Waals surface area contributed by atoms with Gasteiger partial charge in [0.15, 0.2) is 0 Å². The monoisotopic (exact) mass is 481 g/mol. The number of aryl methyl sites for hydroxylation is 2. The van der Waals surface area contributed by atoms with Gasteiger partial charge in [-0.3, -0.25) is 0 Å². The number of rotatable bonds is 2. The molecule has 5 rings (SSSR count). The van der Waals surface area contributed by atoms with E-state index in [1.165, 1.54) is 20.8 Å². The second kappa shape index (κ2) is 8.61. The summed E-state index contributed by atoms with van der Waals surface area (Å²) in [4.78, 5) is 11.0. The minimum Gasteiger partial charge on any atom is -0.345 e. The lowest BCUT2D eigenvalue weighted by atomic mass is 10.2. The largest absolute Gasteiger partial charge is 0.345 e. The topological polar surface area (TPSA) is 29.0 Å². The van der Waals surface area contributed by atoms with Gasteiger partial charge in [-0.05, 0) is 62.4 Å². The van der Waals surface area contributed by atoms with Gasteiger partial charge in [-0.2, -0.15) is 0 Å². The van der Waals surface area contributed by atoms with Gasteiger partial charge < -0.3 is 4.90 Å². The Morgan fingerprint density at radius 3 is 1.97 bits per heavy atom. The number of fused-ring (bicyclic) bond motifs is 2. The molecule has 5 aromatic rings. The lowest BCUT2D eigenvalue weighted by Crippen LogP contribution is -2.08. The van der Waals surface area contributed by atoms with Crippen molar-refractivity contribution in [1.29, 1.82) is 0 Å². The van der Waals surface area contributed by atoms with Gasteiger partial charge in [0.1, 0.15) is 0 Å². The second-order valence-electron chi connectivity index (χ2n) is 6.62. The first-order valence-corrected chi connectivity index (χ1v) is 11.6. The highest BCUT2D eigenvalue weighted by Gasteiger charge is 2.06. The van der Waals surface area contributed by atoms with Crippen LogP contribution < -0.4 is 4.90 Å². The highest BCUT2D eigenvalue weighted by atomic mass is 79.9. The molecule has 0 aliphatic carbocycles. The molecule has 3 nitrogen and oxygen atoms in total. The zero-order valence-electron chi connectivity index (χ0n) is 16.4. The van der Waals surface area contributed by atoms with Crippen LogP contribution in [0.2, 0.25) is 0 Å². The molecule has 0 saturated carbocycles. The summed E-state index contributed by atoms with van der Waals surface area (Å²) in [6.07, 6.45) is 0. The first kappa shape index (κ1) is 20.0. The van der Waals surface area contributed by atoms with Gasteiger partial charge >= 0.3 is 0 Å². The average molecular weight is 482 g/mol. The van der Waals surface area contributed by atoms with E-state index in [0.29, 0.717) is 0 Å². The molecule has 0 saturated heterocycles. The summed E-state index contributed by atoms with van der Waals surface area (Å²) in [6, 6.07) is 22.9. The predicted octanol–water partition coefficient (Wildman–Crippen LogP) is 7.74. The molecule has 0 aliphatic heterocycles. The molecule has 29 heavy (non-hydrogen) atoms. The Morgan fingerprint density at radius 2 is 1.31 bits per heavy atom. The van der Waals surface area contributed by atoms with E-state index in [4.69, 9.17) is 0 Å². The van der Waals surface area contributed by atoms with Crippen LogP contribution in [0.15, 0.2) is 71.2 Å². The number of para-hydroxylation sites is 1. The molecule has 0 unspecified atom stereocenters. The Morgan fingerprint density at radius 1 is 0.724 bits per heavy atom. The quantitative estimate of drug-likeness (QED) is 0.258. The van der Waals surface area contributed by atoms with Gasteiger partial charge in [-0.25, -0.2) is 9.97 Å². The lowest BCUT2D eigenvalue weighted by Gasteiger charge is -2.19.